The maximum absolute atomic E-state index is 12.9. The van der Waals surface area contributed by atoms with Gasteiger partial charge < -0.3 is 5.32 Å². The third-order valence-corrected chi connectivity index (χ3v) is 3.19. The zero-order valence-corrected chi connectivity index (χ0v) is 9.20. The van der Waals surface area contributed by atoms with Crippen LogP contribution in [0.1, 0.15) is 31.9 Å². The molecule has 3 atom stereocenters. The minimum atomic E-state index is -0.263. The van der Waals surface area contributed by atoms with E-state index >= 15 is 0 Å². The minimum absolute atomic E-state index is 0.181. The van der Waals surface area contributed by atoms with Crippen molar-refractivity contribution in [2.24, 2.45) is 11.8 Å². The highest BCUT2D eigenvalue weighted by atomic mass is 19.1. The second-order valence-electron chi connectivity index (χ2n) is 4.54. The molecule has 1 aromatic heterocycles. The Morgan fingerprint density at radius 3 is 2.93 bits per heavy atom. The first-order valence-corrected chi connectivity index (χ1v) is 5.50. The van der Waals surface area contributed by atoms with Gasteiger partial charge in [-0.25, -0.2) is 4.39 Å². The van der Waals surface area contributed by atoms with E-state index < -0.39 is 0 Å². The van der Waals surface area contributed by atoms with Gasteiger partial charge in [0.25, 0.3) is 0 Å². The molecule has 1 aliphatic carbocycles. The second kappa shape index (κ2) is 4.27. The van der Waals surface area contributed by atoms with E-state index in [1.807, 2.05) is 6.92 Å². The molecular formula is C12H17FN2. The first-order chi connectivity index (χ1) is 7.16. The topological polar surface area (TPSA) is 24.9 Å². The molecule has 1 N–H and O–H groups in total. The smallest absolute Gasteiger partial charge is 0.141 e. The van der Waals surface area contributed by atoms with Crippen molar-refractivity contribution in [3.63, 3.8) is 0 Å². The summed E-state index contributed by atoms with van der Waals surface area (Å²) in [6.45, 7) is 5.34. The van der Waals surface area contributed by atoms with Crippen molar-refractivity contribution >= 4 is 0 Å². The summed E-state index contributed by atoms with van der Waals surface area (Å²) in [6.07, 6.45) is 4.28. The van der Waals surface area contributed by atoms with Crippen LogP contribution in [-0.4, -0.2) is 11.5 Å². The molecule has 0 bridgehead atoms. The fourth-order valence-corrected chi connectivity index (χ4v) is 1.79. The van der Waals surface area contributed by atoms with Crippen LogP contribution in [-0.2, 0) is 0 Å². The second-order valence-corrected chi connectivity index (χ2v) is 4.54. The number of hydrogen-bond acceptors (Lipinski definition) is 2. The Labute approximate surface area is 89.9 Å². The third kappa shape index (κ3) is 2.75. The van der Waals surface area contributed by atoms with Crippen LogP contribution in [0.25, 0.3) is 0 Å². The molecule has 1 heterocycles. The summed E-state index contributed by atoms with van der Waals surface area (Å²) in [5.74, 6) is 1.41. The van der Waals surface area contributed by atoms with E-state index in [-0.39, 0.29) is 11.9 Å². The zero-order chi connectivity index (χ0) is 10.8. The molecular weight excluding hydrogens is 191 g/mol. The largest absolute Gasteiger partial charge is 0.310 e. The predicted octanol–water partition coefficient (Wildman–Crippen LogP) is 2.53. The number of halogens is 1. The summed E-state index contributed by atoms with van der Waals surface area (Å²) in [6, 6.07) is 1.72. The highest BCUT2D eigenvalue weighted by molar-refractivity contribution is 5.14. The standard InChI is InChI=1S/C12H17FN2/c1-8-3-10(8)6-15-9(2)11-4-12(13)7-14-5-11/h4-5,7-10,15H,3,6H2,1-2H3. The quantitative estimate of drug-likeness (QED) is 0.822. The van der Waals surface area contributed by atoms with Gasteiger partial charge in [0.05, 0.1) is 6.20 Å². The predicted molar refractivity (Wildman–Crippen MR) is 57.9 cm³/mol. The van der Waals surface area contributed by atoms with Crippen LogP contribution in [0.15, 0.2) is 18.5 Å². The van der Waals surface area contributed by atoms with Gasteiger partial charge >= 0.3 is 0 Å². The zero-order valence-electron chi connectivity index (χ0n) is 9.20. The van der Waals surface area contributed by atoms with E-state index in [2.05, 4.69) is 17.2 Å². The van der Waals surface area contributed by atoms with E-state index in [0.717, 1.165) is 23.9 Å². The first kappa shape index (κ1) is 10.6. The molecule has 82 valence electrons. The van der Waals surface area contributed by atoms with Crippen molar-refractivity contribution in [1.29, 1.82) is 0 Å². The van der Waals surface area contributed by atoms with E-state index in [4.69, 9.17) is 0 Å². The molecule has 1 saturated carbocycles. The number of hydrogen-bond donors (Lipinski definition) is 1. The van der Waals surface area contributed by atoms with Gasteiger partial charge in [-0.3, -0.25) is 4.98 Å². The lowest BCUT2D eigenvalue weighted by atomic mass is 10.1. The van der Waals surface area contributed by atoms with Gasteiger partial charge in [0.15, 0.2) is 0 Å². The highest BCUT2D eigenvalue weighted by Crippen LogP contribution is 2.37. The monoisotopic (exact) mass is 208 g/mol. The summed E-state index contributed by atoms with van der Waals surface area (Å²) in [4.78, 5) is 3.85. The fraction of sp³-hybridized carbons (Fsp3) is 0.583. The van der Waals surface area contributed by atoms with Crippen molar-refractivity contribution in [3.05, 3.63) is 29.8 Å². The Hall–Kier alpha value is -0.960. The lowest BCUT2D eigenvalue weighted by molar-refractivity contribution is 0.528. The minimum Gasteiger partial charge on any atom is -0.310 e. The van der Waals surface area contributed by atoms with Gasteiger partial charge in [-0.05, 0) is 43.4 Å². The molecule has 1 fully saturated rings. The molecule has 2 nitrogen and oxygen atoms in total. The number of rotatable bonds is 4. The third-order valence-electron chi connectivity index (χ3n) is 3.19. The van der Waals surface area contributed by atoms with Crippen LogP contribution in [0.5, 0.6) is 0 Å². The molecule has 3 unspecified atom stereocenters. The average molecular weight is 208 g/mol. The molecule has 0 saturated heterocycles. The molecule has 1 aromatic rings. The maximum Gasteiger partial charge on any atom is 0.141 e. The van der Waals surface area contributed by atoms with Crippen LogP contribution < -0.4 is 5.32 Å². The molecule has 0 amide bonds. The van der Waals surface area contributed by atoms with Crippen molar-refractivity contribution in [1.82, 2.24) is 10.3 Å². The SMILES string of the molecule is CC(NCC1CC1C)c1cncc(F)c1. The van der Waals surface area contributed by atoms with Gasteiger partial charge in [0.1, 0.15) is 5.82 Å². The van der Waals surface area contributed by atoms with E-state index in [9.17, 15) is 4.39 Å². The van der Waals surface area contributed by atoms with Crippen molar-refractivity contribution in [2.75, 3.05) is 6.54 Å². The van der Waals surface area contributed by atoms with Gasteiger partial charge in [-0.1, -0.05) is 6.92 Å². The normalized spacial score (nSPS) is 26.3. The maximum atomic E-state index is 12.9. The lowest BCUT2D eigenvalue weighted by Crippen LogP contribution is -2.21. The van der Waals surface area contributed by atoms with Crippen LogP contribution >= 0.6 is 0 Å². The number of pyridine rings is 1. The molecule has 3 heteroatoms. The molecule has 2 rings (SSSR count). The van der Waals surface area contributed by atoms with E-state index in [1.54, 1.807) is 12.3 Å². The van der Waals surface area contributed by atoms with Gasteiger partial charge in [-0.2, -0.15) is 0 Å². The van der Waals surface area contributed by atoms with Gasteiger partial charge in [0.2, 0.25) is 0 Å². The molecule has 0 spiro atoms. The molecule has 0 aromatic carbocycles. The Bertz CT molecular complexity index is 340. The Kier molecular flexibility index (Phi) is 3.00. The average Bonchev–Trinajstić information content (AvgIpc) is 2.91. The van der Waals surface area contributed by atoms with Gasteiger partial charge in [0, 0.05) is 12.2 Å². The van der Waals surface area contributed by atoms with Crippen molar-refractivity contribution in [2.45, 2.75) is 26.3 Å². The molecule has 0 radical (unpaired) electrons. The van der Waals surface area contributed by atoms with E-state index in [1.165, 1.54) is 12.6 Å². The summed E-state index contributed by atoms with van der Waals surface area (Å²) in [5.41, 5.74) is 0.920. The summed E-state index contributed by atoms with van der Waals surface area (Å²) < 4.78 is 12.9. The van der Waals surface area contributed by atoms with Crippen LogP contribution in [0.2, 0.25) is 0 Å². The van der Waals surface area contributed by atoms with Crippen LogP contribution in [0.3, 0.4) is 0 Å². The summed E-state index contributed by atoms with van der Waals surface area (Å²) in [7, 11) is 0. The molecule has 0 aliphatic heterocycles. The van der Waals surface area contributed by atoms with Crippen molar-refractivity contribution < 1.29 is 4.39 Å². The number of nitrogens with one attached hydrogen (secondary N) is 1. The Morgan fingerprint density at radius 1 is 1.60 bits per heavy atom. The van der Waals surface area contributed by atoms with Crippen LogP contribution in [0, 0.1) is 17.7 Å². The summed E-state index contributed by atoms with van der Waals surface area (Å²) in [5, 5.41) is 3.41. The first-order valence-electron chi connectivity index (χ1n) is 5.50. The number of nitrogens with zero attached hydrogens (tertiary/aromatic N) is 1. The van der Waals surface area contributed by atoms with Crippen molar-refractivity contribution in [3.8, 4) is 0 Å². The Balaban J connectivity index is 1.87. The fourth-order valence-electron chi connectivity index (χ4n) is 1.79. The van der Waals surface area contributed by atoms with Crippen LogP contribution in [0.4, 0.5) is 4.39 Å². The number of aromatic nitrogens is 1. The molecule has 1 aliphatic rings. The highest BCUT2D eigenvalue weighted by Gasteiger charge is 2.32. The van der Waals surface area contributed by atoms with E-state index in [0.29, 0.717) is 0 Å². The van der Waals surface area contributed by atoms with Gasteiger partial charge in [-0.15, -0.1) is 0 Å². The summed E-state index contributed by atoms with van der Waals surface area (Å²) >= 11 is 0. The molecule has 15 heavy (non-hydrogen) atoms. The lowest BCUT2D eigenvalue weighted by Gasteiger charge is -2.13. The Morgan fingerprint density at radius 2 is 2.33 bits per heavy atom.